The molecular weight excluding hydrogens is 840 g/mol. The van der Waals surface area contributed by atoms with E-state index in [1.54, 1.807) is 0 Å². The number of halogens is 6. The molecule has 0 spiro atoms. The first-order valence-corrected chi connectivity index (χ1v) is 6.61. The Balaban J connectivity index is -0.0000000318. The van der Waals surface area contributed by atoms with Crippen molar-refractivity contribution in [2.45, 2.75) is 26.2 Å². The van der Waals surface area contributed by atoms with Crippen LogP contribution in [0.2, 0.25) is 0 Å². The van der Waals surface area contributed by atoms with Gasteiger partial charge in [0, 0.05) is 10.4 Å². The van der Waals surface area contributed by atoms with Gasteiger partial charge in [0.15, 0.2) is 11.6 Å². The molecule has 0 heterocycles. The third kappa shape index (κ3) is 58.6. The van der Waals surface area contributed by atoms with Gasteiger partial charge in [0.25, 0.3) is 0 Å². The molecule has 0 fully saturated rings. The van der Waals surface area contributed by atoms with Gasteiger partial charge in [0.2, 0.25) is 0 Å². The van der Waals surface area contributed by atoms with E-state index in [1.807, 2.05) is 0 Å². The fourth-order valence-corrected chi connectivity index (χ4v) is 0.533. The maximum atomic E-state index is 11.3. The van der Waals surface area contributed by atoms with Gasteiger partial charge in [-0.25, -0.2) is 0 Å². The molecule has 0 rings (SSSR count). The standard InChI is InChI=1S/2C5H5F3O2.4H3N.H2O4S.2Pt/c2*1-3(9)2-4(10)5(6,7)8;;;;;1-5(2,3)4;;/h2*2,10H,1H3;4*1H3;(H2,1,2,3,4);;/q;;;;;;;2*+2/p-4/b2*4-2-;;;;;;;. The maximum Gasteiger partial charge on any atom is 2.00 e. The first kappa shape index (κ1) is 57.2. The third-order valence-corrected chi connectivity index (χ3v) is 1.23. The number of hydrogen-bond acceptors (Lipinski definition) is 12. The molecule has 0 amide bonds. The molecule has 0 aliphatic rings. The molecule has 0 aromatic carbocycles. The molecule has 12 N–H and O–H groups in total. The summed E-state index contributed by atoms with van der Waals surface area (Å²) in [6.45, 7) is 1.76. The largest absolute Gasteiger partial charge is 2.00 e. The van der Waals surface area contributed by atoms with Crippen molar-refractivity contribution in [2.75, 3.05) is 0 Å². The van der Waals surface area contributed by atoms with Crippen LogP contribution in [0, 0.1) is 0 Å². The van der Waals surface area contributed by atoms with E-state index in [1.165, 1.54) is 0 Å². The molecule has 0 unspecified atom stereocenters. The molecule has 31 heavy (non-hydrogen) atoms. The van der Waals surface area contributed by atoms with Crippen LogP contribution < -0.4 is 34.8 Å². The van der Waals surface area contributed by atoms with Gasteiger partial charge in [-0.2, -0.15) is 26.3 Å². The summed E-state index contributed by atoms with van der Waals surface area (Å²) < 4.78 is 102. The normalized spacial score (nSPS) is 10.5. The van der Waals surface area contributed by atoms with E-state index < -0.39 is 45.8 Å². The molecule has 0 atom stereocenters. The first-order chi connectivity index (χ1) is 10.7. The van der Waals surface area contributed by atoms with Crippen molar-refractivity contribution in [2.24, 2.45) is 0 Å². The van der Waals surface area contributed by atoms with Crippen LogP contribution in [0.25, 0.3) is 0 Å². The van der Waals surface area contributed by atoms with Gasteiger partial charge in [-0.05, 0) is 37.5 Å². The van der Waals surface area contributed by atoms with Crippen molar-refractivity contribution >= 4 is 22.0 Å². The van der Waals surface area contributed by atoms with Gasteiger partial charge in [0.1, 0.15) is 0 Å². The molecular formula is C10H20F6N4O8Pt2S. The number of ketones is 2. The van der Waals surface area contributed by atoms with Crippen LogP contribution in [0.4, 0.5) is 26.3 Å². The smallest absolute Gasteiger partial charge is 0.869 e. The minimum atomic E-state index is -5.17. The second-order valence-electron chi connectivity index (χ2n) is 3.64. The molecule has 0 radical (unpaired) electrons. The van der Waals surface area contributed by atoms with Gasteiger partial charge in [-0.15, -0.1) is 0 Å². The average Bonchev–Trinajstić information content (AvgIpc) is 2.22. The topological polar surface area (TPSA) is 301 Å². The van der Waals surface area contributed by atoms with Gasteiger partial charge in [0.05, 0.1) is 0 Å². The maximum absolute atomic E-state index is 11.3. The SMILES string of the molecule is CC(=O)/C=C(\[O-])C(F)(F)F.CC(=O)/C=C(\[O-])C(F)(F)F.N.N.N.N.O=S(=O)([O-])[O-].[Pt+2].[Pt+2]. The predicted molar refractivity (Wildman–Crippen MR) is 80.2 cm³/mol. The Morgan fingerprint density at radius 1 is 0.677 bits per heavy atom. The average molecular weight is 861 g/mol. The molecule has 0 saturated carbocycles. The van der Waals surface area contributed by atoms with Gasteiger partial charge in [-0.3, -0.25) is 18.0 Å². The molecule has 12 nitrogen and oxygen atoms in total. The van der Waals surface area contributed by atoms with E-state index in [0.29, 0.717) is 0 Å². The summed E-state index contributed by atoms with van der Waals surface area (Å²) >= 11 is 0. The van der Waals surface area contributed by atoms with E-state index in [4.69, 9.17) is 17.5 Å². The van der Waals surface area contributed by atoms with Crippen molar-refractivity contribution in [3.05, 3.63) is 23.7 Å². The Labute approximate surface area is 202 Å². The van der Waals surface area contributed by atoms with Crippen LogP contribution in [0.15, 0.2) is 23.7 Å². The summed E-state index contributed by atoms with van der Waals surface area (Å²) in [5.74, 6) is -6.02. The fraction of sp³-hybridized carbons (Fsp3) is 0.400. The minimum absolute atomic E-state index is 0. The molecule has 0 aromatic rings. The molecule has 21 heteroatoms. The van der Waals surface area contributed by atoms with Gasteiger partial charge in [-0.1, -0.05) is 0 Å². The van der Waals surface area contributed by atoms with Crippen LogP contribution in [0.5, 0.6) is 0 Å². The third-order valence-electron chi connectivity index (χ3n) is 1.23. The summed E-state index contributed by atoms with van der Waals surface area (Å²) in [6, 6.07) is 0. The second kappa shape index (κ2) is 23.7. The zero-order valence-corrected chi connectivity index (χ0v) is 20.9. The Morgan fingerprint density at radius 3 is 0.839 bits per heavy atom. The van der Waals surface area contributed by atoms with Gasteiger partial charge >= 0.3 is 54.5 Å². The number of allylic oxidation sites excluding steroid dienone is 4. The number of alkyl halides is 6. The molecule has 0 saturated heterocycles. The van der Waals surface area contributed by atoms with Crippen molar-refractivity contribution < 1.29 is 106 Å². The van der Waals surface area contributed by atoms with Crippen LogP contribution in [-0.2, 0) is 62.1 Å². The Morgan fingerprint density at radius 2 is 0.806 bits per heavy atom. The second-order valence-corrected chi connectivity index (χ2v) is 4.46. The summed E-state index contributed by atoms with van der Waals surface area (Å²) in [4.78, 5) is 19.8. The van der Waals surface area contributed by atoms with Crippen molar-refractivity contribution in [1.82, 2.24) is 24.6 Å². The predicted octanol–water partition coefficient (Wildman–Crippen LogP) is 0.0688. The van der Waals surface area contributed by atoms with Crippen LogP contribution >= 0.6 is 0 Å². The summed E-state index contributed by atoms with van der Waals surface area (Å²) in [5.41, 5.74) is 0. The molecule has 0 aliphatic heterocycles. The van der Waals surface area contributed by atoms with Gasteiger partial charge < -0.3 is 43.9 Å². The summed E-state index contributed by atoms with van der Waals surface area (Å²) in [7, 11) is -5.17. The van der Waals surface area contributed by atoms with Crippen molar-refractivity contribution in [3.8, 4) is 0 Å². The monoisotopic (exact) mass is 860 g/mol. The van der Waals surface area contributed by atoms with Crippen molar-refractivity contribution in [1.29, 1.82) is 0 Å². The zero-order chi connectivity index (χ0) is 21.2. The van der Waals surface area contributed by atoms with Crippen LogP contribution in [0.3, 0.4) is 0 Å². The molecule has 0 aliphatic carbocycles. The Hall–Kier alpha value is -0.913. The van der Waals surface area contributed by atoms with E-state index in [9.17, 15) is 46.1 Å². The number of carbonyl (C=O) groups excluding carboxylic acids is 2. The molecule has 196 valence electrons. The van der Waals surface area contributed by atoms with Crippen LogP contribution in [0.1, 0.15) is 13.8 Å². The Bertz CT molecular complexity index is 594. The minimum Gasteiger partial charge on any atom is -0.869 e. The quantitative estimate of drug-likeness (QED) is 0.0943. The zero-order valence-electron chi connectivity index (χ0n) is 15.6. The molecule has 0 bridgehead atoms. The number of hydrogen-bond donors (Lipinski definition) is 4. The van der Waals surface area contributed by atoms with E-state index in [0.717, 1.165) is 13.8 Å². The van der Waals surface area contributed by atoms with E-state index in [-0.39, 0.29) is 78.9 Å². The molecule has 0 aromatic heterocycles. The first-order valence-electron chi connectivity index (χ1n) is 5.27. The summed E-state index contributed by atoms with van der Waals surface area (Å²) in [6.07, 6.45) is -9.82. The number of rotatable bonds is 2. The van der Waals surface area contributed by atoms with Crippen LogP contribution in [-0.4, -0.2) is 41.4 Å². The van der Waals surface area contributed by atoms with E-state index in [2.05, 4.69) is 0 Å². The fourth-order valence-electron chi connectivity index (χ4n) is 0.533. The Kier molecular flexibility index (Phi) is 43.8. The van der Waals surface area contributed by atoms with E-state index >= 15 is 0 Å². The summed E-state index contributed by atoms with van der Waals surface area (Å²) in [5, 5.41) is 19.7. The van der Waals surface area contributed by atoms with Crippen molar-refractivity contribution in [3.63, 3.8) is 0 Å². The number of carbonyl (C=O) groups is 2.